The average molecular weight is 798 g/mol. The summed E-state index contributed by atoms with van der Waals surface area (Å²) in [5, 5.41) is 0. The third-order valence-corrected chi connectivity index (χ3v) is 11.9. The van der Waals surface area contributed by atoms with Gasteiger partial charge < -0.3 is 23.7 Å². The van der Waals surface area contributed by atoms with Crippen LogP contribution in [0.4, 0.5) is 0 Å². The Balaban J connectivity index is 1.39. The van der Waals surface area contributed by atoms with Crippen LogP contribution in [0, 0.1) is 11.3 Å². The van der Waals surface area contributed by atoms with Gasteiger partial charge in [-0.05, 0) is 93.5 Å². The van der Waals surface area contributed by atoms with Crippen LogP contribution in [0.15, 0.2) is 138 Å². The molecule has 10 nitrogen and oxygen atoms in total. The molecule has 4 aromatic rings. The van der Waals surface area contributed by atoms with Gasteiger partial charge in [0, 0.05) is 23.7 Å². The smallest absolute Gasteiger partial charge is 0.340 e. The number of epoxide rings is 1. The predicted molar refractivity (Wildman–Crippen MR) is 220 cm³/mol. The molecule has 2 heterocycles. The topological polar surface area (TPSA) is 131 Å². The normalized spacial score (nSPS) is 28.3. The van der Waals surface area contributed by atoms with Crippen molar-refractivity contribution in [2.75, 3.05) is 0 Å². The molecule has 1 saturated carbocycles. The minimum Gasteiger partial charge on any atom is -0.459 e. The first-order valence-corrected chi connectivity index (χ1v) is 20.2. The lowest BCUT2D eigenvalue weighted by molar-refractivity contribution is -0.172. The zero-order valence-electron chi connectivity index (χ0n) is 34.2. The molecular formula is C49H51NO9. The van der Waals surface area contributed by atoms with Gasteiger partial charge in [-0.3, -0.25) is 14.6 Å². The fourth-order valence-corrected chi connectivity index (χ4v) is 8.92. The Kier molecular flexibility index (Phi) is 12.3. The van der Waals surface area contributed by atoms with E-state index in [2.05, 4.69) is 4.98 Å². The lowest BCUT2D eigenvalue weighted by Gasteiger charge is -2.43. The molecule has 3 aromatic carbocycles. The van der Waals surface area contributed by atoms with E-state index in [4.69, 9.17) is 23.7 Å². The van der Waals surface area contributed by atoms with Gasteiger partial charge in [-0.1, -0.05) is 97.4 Å². The molecule has 0 N–H and O–H groups in total. The Bertz CT molecular complexity index is 2200. The van der Waals surface area contributed by atoms with E-state index in [1.807, 2.05) is 107 Å². The van der Waals surface area contributed by atoms with Crippen molar-refractivity contribution in [2.45, 2.75) is 103 Å². The summed E-state index contributed by atoms with van der Waals surface area (Å²) in [6, 6.07) is 30.6. The van der Waals surface area contributed by atoms with Gasteiger partial charge in [0.25, 0.3) is 0 Å². The molecule has 1 saturated heterocycles. The molecule has 0 radical (unpaired) electrons. The second-order valence-corrected chi connectivity index (χ2v) is 16.5. The quantitative estimate of drug-likeness (QED) is 0.0668. The zero-order chi connectivity index (χ0) is 41.7. The van der Waals surface area contributed by atoms with Crippen molar-refractivity contribution in [2.24, 2.45) is 11.3 Å². The van der Waals surface area contributed by atoms with Gasteiger partial charge in [-0.2, -0.15) is 0 Å². The van der Waals surface area contributed by atoms with E-state index in [1.165, 1.54) is 6.20 Å². The molecule has 4 unspecified atom stereocenters. The molecule has 0 bridgehead atoms. The fourth-order valence-electron chi connectivity index (χ4n) is 8.92. The third kappa shape index (κ3) is 9.23. The van der Waals surface area contributed by atoms with Gasteiger partial charge in [0.05, 0.1) is 29.6 Å². The standard InChI is InChI=1S/C49H51NO9/c1-31(2)40-37(55-46(53)35-22-13-8-14-23-35)29-48(4)41(40)43(56-38(51)27-33-18-9-6-10-19-33)42(58-47(54)36-24-16-26-50-30-36)32(3)17-15-25-49(5)45(59-49)44(48)57-39(52)28-34-20-11-7-12-21-34/h6-14,16-24,26,30,37,41-45H,15,25,27-29H2,1-5H3/b32-17+/t37-,41?,42?,43?,44?,45+,48+,49+/m1/s1. The Morgan fingerprint density at radius 2 is 1.31 bits per heavy atom. The van der Waals surface area contributed by atoms with E-state index in [0.29, 0.717) is 29.6 Å². The van der Waals surface area contributed by atoms with Crippen LogP contribution in [0.1, 0.15) is 85.7 Å². The van der Waals surface area contributed by atoms with Crippen LogP contribution in [-0.4, -0.2) is 65.0 Å². The number of benzene rings is 3. The molecule has 0 spiro atoms. The SMILES string of the molecule is CC(C)=C1C2C(OC(=O)Cc3ccccc3)C(OC(=O)c3cccnc3)/C(C)=C/CC[C@]3(C)O[C@H]3C(OC(=O)Cc3ccccc3)[C@@]2(C)C[C@H]1OC(=O)c1ccccc1. The van der Waals surface area contributed by atoms with E-state index in [0.717, 1.165) is 16.7 Å². The molecule has 7 rings (SSSR count). The molecule has 59 heavy (non-hydrogen) atoms. The van der Waals surface area contributed by atoms with Gasteiger partial charge in [0.1, 0.15) is 24.4 Å². The minimum atomic E-state index is -1.17. The second-order valence-electron chi connectivity index (χ2n) is 16.5. The Morgan fingerprint density at radius 1 is 0.729 bits per heavy atom. The van der Waals surface area contributed by atoms with Crippen LogP contribution in [-0.2, 0) is 46.1 Å². The summed E-state index contributed by atoms with van der Waals surface area (Å²) >= 11 is 0. The van der Waals surface area contributed by atoms with Gasteiger partial charge >= 0.3 is 23.9 Å². The number of fused-ring (bicyclic) bond motifs is 2. The van der Waals surface area contributed by atoms with Crippen molar-refractivity contribution >= 4 is 23.9 Å². The molecule has 0 amide bonds. The maximum atomic E-state index is 14.3. The average Bonchev–Trinajstić information content (AvgIpc) is 3.80. The predicted octanol–water partition coefficient (Wildman–Crippen LogP) is 8.40. The van der Waals surface area contributed by atoms with Gasteiger partial charge in [0.15, 0.2) is 6.10 Å². The first-order valence-electron chi connectivity index (χ1n) is 20.2. The molecule has 1 aliphatic heterocycles. The Hall–Kier alpha value is -5.87. The minimum absolute atomic E-state index is 0.0188. The van der Waals surface area contributed by atoms with Crippen LogP contribution >= 0.6 is 0 Å². The molecule has 306 valence electrons. The number of aromatic nitrogens is 1. The number of esters is 4. The monoisotopic (exact) mass is 797 g/mol. The molecule has 2 aliphatic carbocycles. The second kappa shape index (κ2) is 17.5. The number of hydrogen-bond donors (Lipinski definition) is 0. The summed E-state index contributed by atoms with van der Waals surface area (Å²) in [5.74, 6) is -2.99. The zero-order valence-corrected chi connectivity index (χ0v) is 34.2. The number of carbonyl (C=O) groups is 4. The van der Waals surface area contributed by atoms with Gasteiger partial charge in [-0.25, -0.2) is 9.59 Å². The number of pyridine rings is 1. The number of nitrogens with zero attached hydrogens (tertiary/aromatic N) is 1. The van der Waals surface area contributed by atoms with Crippen molar-refractivity contribution in [3.8, 4) is 0 Å². The maximum Gasteiger partial charge on any atom is 0.340 e. The molecule has 10 heteroatoms. The highest BCUT2D eigenvalue weighted by Gasteiger charge is 2.68. The number of carbonyl (C=O) groups excluding carboxylic acids is 4. The lowest BCUT2D eigenvalue weighted by atomic mass is 9.67. The molecule has 1 aromatic heterocycles. The summed E-state index contributed by atoms with van der Waals surface area (Å²) in [4.78, 5) is 60.5. The van der Waals surface area contributed by atoms with Gasteiger partial charge in [-0.15, -0.1) is 0 Å². The van der Waals surface area contributed by atoms with E-state index in [1.54, 1.807) is 42.6 Å². The molecule has 8 atom stereocenters. The van der Waals surface area contributed by atoms with Crippen LogP contribution < -0.4 is 0 Å². The summed E-state index contributed by atoms with van der Waals surface area (Å²) in [5.41, 5.74) is 2.53. The van der Waals surface area contributed by atoms with Crippen LogP contribution in [0.5, 0.6) is 0 Å². The van der Waals surface area contributed by atoms with E-state index < -0.39 is 71.3 Å². The van der Waals surface area contributed by atoms with Crippen molar-refractivity contribution in [3.05, 3.63) is 161 Å². The fraction of sp³-hybridized carbons (Fsp3) is 0.367. The van der Waals surface area contributed by atoms with Crippen LogP contribution in [0.25, 0.3) is 0 Å². The lowest BCUT2D eigenvalue weighted by Crippen LogP contribution is -2.52. The highest BCUT2D eigenvalue weighted by Crippen LogP contribution is 2.60. The Morgan fingerprint density at radius 3 is 1.90 bits per heavy atom. The molecule has 3 aliphatic rings. The Labute approximate surface area is 345 Å². The van der Waals surface area contributed by atoms with Crippen molar-refractivity contribution in [1.29, 1.82) is 0 Å². The molecular weight excluding hydrogens is 747 g/mol. The highest BCUT2D eigenvalue weighted by molar-refractivity contribution is 5.90. The first kappa shape index (κ1) is 41.3. The summed E-state index contributed by atoms with van der Waals surface area (Å²) in [7, 11) is 0. The maximum absolute atomic E-state index is 14.3. The van der Waals surface area contributed by atoms with Crippen molar-refractivity contribution < 1.29 is 42.9 Å². The molecule has 2 fully saturated rings. The number of ether oxygens (including phenoxy) is 5. The number of rotatable bonds is 10. The van der Waals surface area contributed by atoms with Crippen LogP contribution in [0.2, 0.25) is 0 Å². The highest BCUT2D eigenvalue weighted by atomic mass is 16.6. The van der Waals surface area contributed by atoms with Gasteiger partial charge in [0.2, 0.25) is 0 Å². The van der Waals surface area contributed by atoms with E-state index in [9.17, 15) is 19.2 Å². The van der Waals surface area contributed by atoms with Crippen molar-refractivity contribution in [3.63, 3.8) is 0 Å². The third-order valence-electron chi connectivity index (χ3n) is 11.9. The number of hydrogen-bond acceptors (Lipinski definition) is 10. The largest absolute Gasteiger partial charge is 0.459 e. The van der Waals surface area contributed by atoms with Crippen molar-refractivity contribution in [1.82, 2.24) is 4.98 Å². The summed E-state index contributed by atoms with van der Waals surface area (Å²) in [6.07, 6.45) is 1.72. The summed E-state index contributed by atoms with van der Waals surface area (Å²) in [6.45, 7) is 9.70. The number of allylic oxidation sites excluding steroid dienone is 2. The van der Waals surface area contributed by atoms with E-state index in [-0.39, 0.29) is 24.8 Å². The van der Waals surface area contributed by atoms with Crippen LogP contribution in [0.3, 0.4) is 0 Å². The summed E-state index contributed by atoms with van der Waals surface area (Å²) < 4.78 is 32.7. The van der Waals surface area contributed by atoms with E-state index >= 15 is 0 Å². The first-order chi connectivity index (χ1) is 28.4.